The molecule has 0 spiro atoms. The second-order valence-corrected chi connectivity index (χ2v) is 7.60. The second kappa shape index (κ2) is 8.88. The van der Waals surface area contributed by atoms with Gasteiger partial charge < -0.3 is 15.5 Å². The Morgan fingerprint density at radius 1 is 1.06 bits per heavy atom. The number of nitrogens with two attached hydrogens (primary N) is 1. The summed E-state index contributed by atoms with van der Waals surface area (Å²) in [4.78, 5) is 41.2. The number of thioether (sulfide) groups is 1. The predicted molar refractivity (Wildman–Crippen MR) is 118 cm³/mol. The van der Waals surface area contributed by atoms with Gasteiger partial charge in [0, 0.05) is 11.3 Å². The van der Waals surface area contributed by atoms with Crippen molar-refractivity contribution < 1.29 is 14.0 Å². The van der Waals surface area contributed by atoms with Crippen molar-refractivity contribution in [2.45, 2.75) is 11.7 Å². The number of amides is 2. The topological polar surface area (TPSA) is 120 Å². The summed E-state index contributed by atoms with van der Waals surface area (Å²) in [5, 5.41) is 3.66. The molecular formula is C22H18N4O4S. The van der Waals surface area contributed by atoms with Crippen molar-refractivity contribution in [2.24, 2.45) is 5.73 Å². The Hall–Kier alpha value is -3.85. The molecule has 2 aromatic carbocycles. The maximum Gasteiger partial charge on any atom is 0.262 e. The summed E-state index contributed by atoms with van der Waals surface area (Å²) < 4.78 is 6.88. The van der Waals surface area contributed by atoms with Crippen LogP contribution in [-0.2, 0) is 11.3 Å². The van der Waals surface area contributed by atoms with Gasteiger partial charge in [-0.15, -0.1) is 0 Å². The lowest BCUT2D eigenvalue weighted by Gasteiger charge is -2.12. The molecule has 4 rings (SSSR count). The number of hydrogen-bond donors (Lipinski definition) is 2. The third-order valence-corrected chi connectivity index (χ3v) is 5.48. The molecule has 0 unspecified atom stereocenters. The smallest absolute Gasteiger partial charge is 0.262 e. The zero-order valence-electron chi connectivity index (χ0n) is 16.3. The van der Waals surface area contributed by atoms with Gasteiger partial charge in [-0.05, 0) is 48.5 Å². The molecule has 0 saturated heterocycles. The van der Waals surface area contributed by atoms with Gasteiger partial charge in [-0.1, -0.05) is 23.9 Å². The van der Waals surface area contributed by atoms with Crippen LogP contribution in [-0.4, -0.2) is 27.1 Å². The standard InChI is InChI=1S/C22H18N4O4S/c23-20(28)14-7-9-15(10-8-14)24-19(27)13-31-22-25-18-6-2-1-5-17(18)21(29)26(22)12-16-4-3-11-30-16/h1-11H,12-13H2,(H2,23,28)(H,24,27). The Morgan fingerprint density at radius 2 is 1.84 bits per heavy atom. The number of para-hydroxylation sites is 1. The summed E-state index contributed by atoms with van der Waals surface area (Å²) in [7, 11) is 0. The van der Waals surface area contributed by atoms with E-state index in [-0.39, 0.29) is 23.8 Å². The van der Waals surface area contributed by atoms with Crippen molar-refractivity contribution in [3.05, 3.63) is 88.6 Å². The average molecular weight is 434 g/mol. The normalized spacial score (nSPS) is 10.8. The van der Waals surface area contributed by atoms with E-state index in [1.54, 1.807) is 48.7 Å². The van der Waals surface area contributed by atoms with Crippen LogP contribution in [0.1, 0.15) is 16.1 Å². The molecule has 2 heterocycles. The van der Waals surface area contributed by atoms with Crippen LogP contribution >= 0.6 is 11.8 Å². The molecule has 0 bridgehead atoms. The molecule has 0 saturated carbocycles. The largest absolute Gasteiger partial charge is 0.467 e. The molecule has 0 fully saturated rings. The third kappa shape index (κ3) is 4.67. The van der Waals surface area contributed by atoms with Crippen molar-refractivity contribution in [3.8, 4) is 0 Å². The Morgan fingerprint density at radius 3 is 2.55 bits per heavy atom. The minimum atomic E-state index is -0.537. The number of aromatic nitrogens is 2. The summed E-state index contributed by atoms with van der Waals surface area (Å²) in [5.41, 5.74) is 6.47. The molecule has 0 atom stereocenters. The van der Waals surface area contributed by atoms with Gasteiger partial charge in [0.25, 0.3) is 5.56 Å². The number of nitrogens with one attached hydrogen (secondary N) is 1. The molecule has 9 heteroatoms. The molecule has 2 amide bonds. The van der Waals surface area contributed by atoms with E-state index in [4.69, 9.17) is 10.2 Å². The highest BCUT2D eigenvalue weighted by Gasteiger charge is 2.15. The second-order valence-electron chi connectivity index (χ2n) is 6.66. The predicted octanol–water partition coefficient (Wildman–Crippen LogP) is 2.87. The zero-order valence-corrected chi connectivity index (χ0v) is 17.1. The number of carbonyl (C=O) groups is 2. The first-order valence-electron chi connectivity index (χ1n) is 9.36. The fraction of sp³-hybridized carbons (Fsp3) is 0.0909. The van der Waals surface area contributed by atoms with E-state index < -0.39 is 5.91 Å². The molecule has 156 valence electrons. The number of carbonyl (C=O) groups excluding carboxylic acids is 2. The molecule has 0 radical (unpaired) electrons. The minimum Gasteiger partial charge on any atom is -0.467 e. The van der Waals surface area contributed by atoms with Gasteiger partial charge in [0.15, 0.2) is 5.16 Å². The molecule has 2 aromatic heterocycles. The summed E-state index contributed by atoms with van der Waals surface area (Å²) >= 11 is 1.16. The lowest BCUT2D eigenvalue weighted by atomic mass is 10.2. The van der Waals surface area contributed by atoms with Gasteiger partial charge in [0.05, 0.1) is 29.5 Å². The Bertz CT molecular complexity index is 1300. The molecule has 0 aliphatic rings. The zero-order chi connectivity index (χ0) is 21.8. The van der Waals surface area contributed by atoms with Gasteiger partial charge in [0.1, 0.15) is 5.76 Å². The molecule has 0 aliphatic carbocycles. The first kappa shape index (κ1) is 20.4. The molecule has 3 N–H and O–H groups in total. The maximum atomic E-state index is 13.0. The van der Waals surface area contributed by atoms with Crippen molar-refractivity contribution >= 4 is 40.2 Å². The number of rotatable bonds is 7. The van der Waals surface area contributed by atoms with E-state index in [0.29, 0.717) is 33.1 Å². The van der Waals surface area contributed by atoms with Crippen molar-refractivity contribution in [1.82, 2.24) is 9.55 Å². The SMILES string of the molecule is NC(=O)c1ccc(NC(=O)CSc2nc3ccccc3c(=O)n2Cc2ccco2)cc1. The number of furan rings is 1. The molecule has 31 heavy (non-hydrogen) atoms. The lowest BCUT2D eigenvalue weighted by Crippen LogP contribution is -2.24. The lowest BCUT2D eigenvalue weighted by molar-refractivity contribution is -0.113. The Kier molecular flexibility index (Phi) is 5.85. The first-order valence-corrected chi connectivity index (χ1v) is 10.3. The van der Waals surface area contributed by atoms with E-state index in [9.17, 15) is 14.4 Å². The third-order valence-electron chi connectivity index (χ3n) is 4.51. The van der Waals surface area contributed by atoms with Gasteiger partial charge in [-0.2, -0.15) is 0 Å². The molecule has 0 aliphatic heterocycles. The fourth-order valence-corrected chi connectivity index (χ4v) is 3.80. The minimum absolute atomic E-state index is 0.0422. The van der Waals surface area contributed by atoms with Crippen LogP contribution < -0.4 is 16.6 Å². The van der Waals surface area contributed by atoms with Crippen LogP contribution in [0.3, 0.4) is 0 Å². The Labute approximate surface area is 181 Å². The quantitative estimate of drug-likeness (QED) is 0.341. The fourth-order valence-electron chi connectivity index (χ4n) is 3.00. The molecule has 8 nitrogen and oxygen atoms in total. The van der Waals surface area contributed by atoms with E-state index in [0.717, 1.165) is 11.8 Å². The van der Waals surface area contributed by atoms with E-state index in [1.807, 2.05) is 6.07 Å². The van der Waals surface area contributed by atoms with Crippen molar-refractivity contribution in [3.63, 3.8) is 0 Å². The summed E-state index contributed by atoms with van der Waals surface area (Å²) in [6.45, 7) is 0.211. The van der Waals surface area contributed by atoms with E-state index in [1.165, 1.54) is 16.7 Å². The highest BCUT2D eigenvalue weighted by atomic mass is 32.2. The summed E-state index contributed by atoms with van der Waals surface area (Å²) in [6.07, 6.45) is 1.54. The van der Waals surface area contributed by atoms with Crippen molar-refractivity contribution in [1.29, 1.82) is 0 Å². The van der Waals surface area contributed by atoms with E-state index in [2.05, 4.69) is 10.3 Å². The number of fused-ring (bicyclic) bond motifs is 1. The average Bonchev–Trinajstić information content (AvgIpc) is 3.28. The van der Waals surface area contributed by atoms with Crippen LogP contribution in [0.2, 0.25) is 0 Å². The van der Waals surface area contributed by atoms with Gasteiger partial charge in [-0.3, -0.25) is 19.0 Å². The summed E-state index contributed by atoms with van der Waals surface area (Å²) in [5.74, 6) is -0.158. The van der Waals surface area contributed by atoms with Crippen LogP contribution in [0.15, 0.2) is 81.3 Å². The number of nitrogens with zero attached hydrogens (tertiary/aromatic N) is 2. The number of benzene rings is 2. The Balaban J connectivity index is 1.54. The highest BCUT2D eigenvalue weighted by Crippen LogP contribution is 2.20. The van der Waals surface area contributed by atoms with Crippen LogP contribution in [0.4, 0.5) is 5.69 Å². The number of hydrogen-bond acceptors (Lipinski definition) is 6. The maximum absolute atomic E-state index is 13.0. The molecule has 4 aromatic rings. The summed E-state index contributed by atoms with van der Waals surface area (Å²) in [6, 6.07) is 16.9. The first-order chi connectivity index (χ1) is 15.0. The van der Waals surface area contributed by atoms with Crippen LogP contribution in [0.25, 0.3) is 10.9 Å². The van der Waals surface area contributed by atoms with Crippen LogP contribution in [0.5, 0.6) is 0 Å². The highest BCUT2D eigenvalue weighted by molar-refractivity contribution is 7.99. The van der Waals surface area contributed by atoms with E-state index >= 15 is 0 Å². The monoisotopic (exact) mass is 434 g/mol. The van der Waals surface area contributed by atoms with Crippen LogP contribution in [0, 0.1) is 0 Å². The number of anilines is 1. The number of primary amides is 1. The van der Waals surface area contributed by atoms with Gasteiger partial charge >= 0.3 is 0 Å². The van der Waals surface area contributed by atoms with Gasteiger partial charge in [0.2, 0.25) is 11.8 Å². The van der Waals surface area contributed by atoms with Crippen molar-refractivity contribution in [2.75, 3.05) is 11.1 Å². The van der Waals surface area contributed by atoms with Gasteiger partial charge in [-0.25, -0.2) is 4.98 Å². The molecular weight excluding hydrogens is 416 g/mol.